The lowest BCUT2D eigenvalue weighted by Gasteiger charge is -2.31. The minimum Gasteiger partial charge on any atom is -0.457 e. The zero-order valence-corrected chi connectivity index (χ0v) is 20.6. The van der Waals surface area contributed by atoms with Crippen LogP contribution in [-0.2, 0) is 20.6 Å². The molecule has 3 aromatic carbocycles. The molecule has 1 unspecified atom stereocenters. The molecule has 6 nitrogen and oxygen atoms in total. The molecule has 1 N–H and O–H groups in total. The fourth-order valence-corrected chi connectivity index (χ4v) is 5.73. The minimum absolute atomic E-state index is 0.144. The molecule has 1 aliphatic heterocycles. The summed E-state index contributed by atoms with van der Waals surface area (Å²) in [5, 5.41) is 3.57. The van der Waals surface area contributed by atoms with Crippen molar-refractivity contribution in [2.45, 2.75) is 18.6 Å². The van der Waals surface area contributed by atoms with Gasteiger partial charge in [-0.2, -0.15) is 0 Å². The molecule has 1 heterocycles. The Morgan fingerprint density at radius 2 is 1.68 bits per heavy atom. The number of carbonyl (C=O) groups excluding carboxylic acids is 1. The number of benzene rings is 3. The number of carbonyl (C=O) groups is 1. The first kappa shape index (κ1) is 24.5. The summed E-state index contributed by atoms with van der Waals surface area (Å²) in [6.07, 6.45) is 1.24. The van der Waals surface area contributed by atoms with Gasteiger partial charge in [0.05, 0.1) is 21.7 Å². The Bertz CT molecular complexity index is 1250. The van der Waals surface area contributed by atoms with Gasteiger partial charge in [-0.25, -0.2) is 12.7 Å². The lowest BCUT2D eigenvalue weighted by molar-refractivity contribution is -0.120. The fourth-order valence-electron chi connectivity index (χ4n) is 3.82. The van der Waals surface area contributed by atoms with E-state index < -0.39 is 15.9 Å². The molecule has 1 atom stereocenters. The third-order valence-corrected chi connectivity index (χ3v) is 8.14. The summed E-state index contributed by atoms with van der Waals surface area (Å²) in [7, 11) is -3.61. The van der Waals surface area contributed by atoms with Crippen molar-refractivity contribution in [2.24, 2.45) is 5.92 Å². The number of sulfonamides is 1. The molecule has 1 amide bonds. The maximum absolute atomic E-state index is 13.0. The lowest BCUT2D eigenvalue weighted by Crippen LogP contribution is -2.44. The number of anilines is 1. The Balaban J connectivity index is 1.36. The Labute approximate surface area is 209 Å². The number of para-hydroxylation sites is 1. The highest BCUT2D eigenvalue weighted by atomic mass is 35.5. The van der Waals surface area contributed by atoms with Crippen LogP contribution in [0.15, 0.2) is 72.8 Å². The first-order valence-corrected chi connectivity index (χ1v) is 13.2. The second kappa shape index (κ2) is 10.8. The van der Waals surface area contributed by atoms with E-state index in [1.807, 2.05) is 30.3 Å². The number of ether oxygens (including phenoxy) is 1. The standard InChI is InChI=1S/C25H24Cl2N2O4S/c26-23-13-8-18(15-24(23)27)17-34(31,32)29-14-4-5-19(16-29)25(30)28-20-9-11-22(12-10-20)33-21-6-2-1-3-7-21/h1-3,6-13,15,19H,4-5,14,16-17H2,(H,28,30). The molecular weight excluding hydrogens is 495 g/mol. The molecule has 1 saturated heterocycles. The SMILES string of the molecule is O=C(Nc1ccc(Oc2ccccc2)cc1)C1CCCN(S(=O)(=O)Cc2ccc(Cl)c(Cl)c2)C1. The van der Waals surface area contributed by atoms with Gasteiger partial charge in [0.1, 0.15) is 11.5 Å². The van der Waals surface area contributed by atoms with Crippen LogP contribution in [0.5, 0.6) is 11.5 Å². The molecule has 4 rings (SSSR count). The van der Waals surface area contributed by atoms with Gasteiger partial charge in [-0.05, 0) is 66.9 Å². The van der Waals surface area contributed by atoms with Crippen molar-refractivity contribution < 1.29 is 17.9 Å². The number of rotatable bonds is 7. The molecule has 0 spiro atoms. The van der Waals surface area contributed by atoms with Gasteiger partial charge in [0.25, 0.3) is 0 Å². The van der Waals surface area contributed by atoms with Crippen molar-refractivity contribution in [3.05, 3.63) is 88.4 Å². The van der Waals surface area contributed by atoms with Crippen molar-refractivity contribution in [1.29, 1.82) is 0 Å². The molecule has 3 aromatic rings. The number of hydrogen-bond donors (Lipinski definition) is 1. The number of nitrogens with one attached hydrogen (secondary N) is 1. The van der Waals surface area contributed by atoms with E-state index in [1.54, 1.807) is 42.5 Å². The van der Waals surface area contributed by atoms with Gasteiger partial charge in [0, 0.05) is 18.8 Å². The van der Waals surface area contributed by atoms with Crippen molar-refractivity contribution in [3.8, 4) is 11.5 Å². The number of amides is 1. The Morgan fingerprint density at radius 3 is 2.38 bits per heavy atom. The zero-order valence-electron chi connectivity index (χ0n) is 18.3. The topological polar surface area (TPSA) is 75.7 Å². The maximum atomic E-state index is 13.0. The van der Waals surface area contributed by atoms with E-state index in [1.165, 1.54) is 4.31 Å². The van der Waals surface area contributed by atoms with Gasteiger partial charge < -0.3 is 10.1 Å². The second-order valence-corrected chi connectivity index (χ2v) is 10.9. The van der Waals surface area contributed by atoms with Gasteiger partial charge in [-0.1, -0.05) is 47.5 Å². The smallest absolute Gasteiger partial charge is 0.228 e. The summed E-state index contributed by atoms with van der Waals surface area (Å²) in [5.74, 6) is 0.551. The quantitative estimate of drug-likeness (QED) is 0.418. The van der Waals surface area contributed by atoms with Crippen LogP contribution in [0.4, 0.5) is 5.69 Å². The van der Waals surface area contributed by atoms with E-state index in [-0.39, 0.29) is 18.2 Å². The maximum Gasteiger partial charge on any atom is 0.228 e. The van der Waals surface area contributed by atoms with E-state index in [4.69, 9.17) is 27.9 Å². The predicted octanol–water partition coefficient (Wildman–Crippen LogP) is 5.97. The summed E-state index contributed by atoms with van der Waals surface area (Å²) >= 11 is 11.9. The van der Waals surface area contributed by atoms with Crippen LogP contribution in [0.2, 0.25) is 10.0 Å². The molecule has 0 aromatic heterocycles. The molecule has 1 aliphatic rings. The molecule has 0 bridgehead atoms. The molecule has 0 saturated carbocycles. The number of hydrogen-bond acceptors (Lipinski definition) is 4. The molecule has 34 heavy (non-hydrogen) atoms. The van der Waals surface area contributed by atoms with Crippen LogP contribution in [0, 0.1) is 5.92 Å². The molecule has 0 radical (unpaired) electrons. The first-order chi connectivity index (χ1) is 16.3. The average molecular weight is 519 g/mol. The number of piperidine rings is 1. The van der Waals surface area contributed by atoms with Crippen molar-refractivity contribution >= 4 is 44.8 Å². The van der Waals surface area contributed by atoms with Crippen LogP contribution >= 0.6 is 23.2 Å². The summed E-state index contributed by atoms with van der Waals surface area (Å²) in [5.41, 5.74) is 1.18. The van der Waals surface area contributed by atoms with Gasteiger partial charge in [0.2, 0.25) is 15.9 Å². The third-order valence-electron chi connectivity index (χ3n) is 5.58. The Morgan fingerprint density at radius 1 is 0.971 bits per heavy atom. The van der Waals surface area contributed by atoms with Crippen LogP contribution in [0.1, 0.15) is 18.4 Å². The average Bonchev–Trinajstić information content (AvgIpc) is 2.83. The summed E-state index contributed by atoms with van der Waals surface area (Å²) in [6, 6.07) is 21.3. The lowest BCUT2D eigenvalue weighted by atomic mass is 9.99. The van der Waals surface area contributed by atoms with Crippen molar-refractivity contribution in [2.75, 3.05) is 18.4 Å². The van der Waals surface area contributed by atoms with E-state index in [0.717, 1.165) is 5.75 Å². The van der Waals surface area contributed by atoms with Gasteiger partial charge >= 0.3 is 0 Å². The molecule has 0 aliphatic carbocycles. The number of halogens is 2. The molecular formula is C25H24Cl2N2O4S. The van der Waals surface area contributed by atoms with E-state index in [2.05, 4.69) is 5.32 Å². The zero-order chi connectivity index (χ0) is 24.1. The van der Waals surface area contributed by atoms with Gasteiger partial charge in [-0.3, -0.25) is 4.79 Å². The van der Waals surface area contributed by atoms with E-state index in [9.17, 15) is 13.2 Å². The van der Waals surface area contributed by atoms with Gasteiger partial charge in [-0.15, -0.1) is 0 Å². The minimum atomic E-state index is -3.61. The van der Waals surface area contributed by atoms with E-state index >= 15 is 0 Å². The van der Waals surface area contributed by atoms with Crippen LogP contribution < -0.4 is 10.1 Å². The number of nitrogens with zero attached hydrogens (tertiary/aromatic N) is 1. The largest absolute Gasteiger partial charge is 0.457 e. The van der Waals surface area contributed by atoms with Crippen LogP contribution in [0.3, 0.4) is 0 Å². The second-order valence-electron chi connectivity index (χ2n) is 8.13. The molecule has 1 fully saturated rings. The molecule has 9 heteroatoms. The van der Waals surface area contributed by atoms with Crippen LogP contribution in [-0.4, -0.2) is 31.7 Å². The highest BCUT2D eigenvalue weighted by molar-refractivity contribution is 7.88. The predicted molar refractivity (Wildman–Crippen MR) is 135 cm³/mol. The van der Waals surface area contributed by atoms with Gasteiger partial charge in [0.15, 0.2) is 0 Å². The van der Waals surface area contributed by atoms with E-state index in [0.29, 0.717) is 46.4 Å². The summed E-state index contributed by atoms with van der Waals surface area (Å²) < 4.78 is 33.1. The fraction of sp³-hybridized carbons (Fsp3) is 0.240. The summed E-state index contributed by atoms with van der Waals surface area (Å²) in [6.45, 7) is 0.531. The monoisotopic (exact) mass is 518 g/mol. The highest BCUT2D eigenvalue weighted by Gasteiger charge is 2.32. The first-order valence-electron chi connectivity index (χ1n) is 10.9. The third kappa shape index (κ3) is 6.30. The summed E-state index contributed by atoms with van der Waals surface area (Å²) in [4.78, 5) is 12.9. The van der Waals surface area contributed by atoms with Crippen molar-refractivity contribution in [3.63, 3.8) is 0 Å². The normalized spacial score (nSPS) is 16.7. The van der Waals surface area contributed by atoms with Crippen molar-refractivity contribution in [1.82, 2.24) is 4.31 Å². The molecule has 178 valence electrons. The Hall–Kier alpha value is -2.58. The Kier molecular flexibility index (Phi) is 7.78. The van der Waals surface area contributed by atoms with Crippen LogP contribution in [0.25, 0.3) is 0 Å². The highest BCUT2D eigenvalue weighted by Crippen LogP contribution is 2.27.